The lowest BCUT2D eigenvalue weighted by atomic mass is 10.2. The molecule has 0 spiro atoms. The van der Waals surface area contributed by atoms with Crippen molar-refractivity contribution in [2.24, 2.45) is 0 Å². The number of rotatable bonds is 5. The molecule has 3 N–H and O–H groups in total. The van der Waals surface area contributed by atoms with Gasteiger partial charge >= 0.3 is 6.03 Å². The number of carbonyl (C=O) groups excluding carboxylic acids is 2. The molecule has 6 nitrogen and oxygen atoms in total. The molecule has 0 unspecified atom stereocenters. The Labute approximate surface area is 153 Å². The first kappa shape index (κ1) is 17.8. The Bertz CT molecular complexity index is 940. The zero-order valence-corrected chi connectivity index (χ0v) is 14.8. The van der Waals surface area contributed by atoms with Gasteiger partial charge in [0.25, 0.3) is 0 Å². The van der Waals surface area contributed by atoms with Crippen LogP contribution in [0.25, 0.3) is 10.2 Å². The van der Waals surface area contributed by atoms with Crippen LogP contribution < -0.4 is 16.0 Å². The molecule has 0 saturated carbocycles. The number of benzene rings is 2. The molecule has 3 aromatic rings. The molecular weight excluding hydrogens is 355 g/mol. The third-order valence-corrected chi connectivity index (χ3v) is 4.51. The summed E-state index contributed by atoms with van der Waals surface area (Å²) in [4.78, 5) is 27.8. The highest BCUT2D eigenvalue weighted by Gasteiger charge is 2.08. The zero-order chi connectivity index (χ0) is 18.5. The highest BCUT2D eigenvalue weighted by molar-refractivity contribution is 7.22. The Morgan fingerprint density at radius 2 is 1.88 bits per heavy atom. The second kappa shape index (κ2) is 7.92. The molecule has 0 saturated heterocycles. The van der Waals surface area contributed by atoms with Crippen molar-refractivity contribution in [3.05, 3.63) is 53.8 Å². The number of halogens is 1. The van der Waals surface area contributed by atoms with Gasteiger partial charge in [0.1, 0.15) is 5.82 Å². The van der Waals surface area contributed by atoms with Crippen molar-refractivity contribution in [1.29, 1.82) is 0 Å². The molecule has 0 aliphatic heterocycles. The van der Waals surface area contributed by atoms with Gasteiger partial charge in [-0.3, -0.25) is 4.79 Å². The van der Waals surface area contributed by atoms with Gasteiger partial charge in [-0.1, -0.05) is 30.4 Å². The minimum Gasteiger partial charge on any atom is -0.334 e. The fourth-order valence-corrected chi connectivity index (χ4v) is 3.14. The summed E-state index contributed by atoms with van der Waals surface area (Å²) in [6.45, 7) is 2.07. The number of fused-ring (bicyclic) bond motifs is 1. The van der Waals surface area contributed by atoms with E-state index in [9.17, 15) is 14.0 Å². The lowest BCUT2D eigenvalue weighted by molar-refractivity contribution is -0.115. The number of nitrogens with one attached hydrogen (secondary N) is 3. The van der Waals surface area contributed by atoms with Gasteiger partial charge in [-0.05, 0) is 35.9 Å². The average Bonchev–Trinajstić information content (AvgIpc) is 3.02. The molecule has 2 aromatic carbocycles. The summed E-state index contributed by atoms with van der Waals surface area (Å²) in [5.41, 5.74) is 2.17. The number of hydrogen-bond acceptors (Lipinski definition) is 4. The van der Waals surface area contributed by atoms with Crippen LogP contribution in [0, 0.1) is 5.82 Å². The van der Waals surface area contributed by atoms with Crippen LogP contribution >= 0.6 is 11.3 Å². The number of urea groups is 1. The largest absolute Gasteiger partial charge is 0.334 e. The fourth-order valence-electron chi connectivity index (χ4n) is 2.22. The summed E-state index contributed by atoms with van der Waals surface area (Å²) >= 11 is 1.34. The summed E-state index contributed by atoms with van der Waals surface area (Å²) < 4.78 is 13.7. The van der Waals surface area contributed by atoms with Gasteiger partial charge in [-0.15, -0.1) is 0 Å². The Balaban J connectivity index is 1.61. The Morgan fingerprint density at radius 3 is 2.62 bits per heavy atom. The maximum Gasteiger partial charge on any atom is 0.319 e. The molecule has 1 aromatic heterocycles. The highest BCUT2D eigenvalue weighted by atomic mass is 32.1. The molecule has 1 heterocycles. The maximum atomic E-state index is 12.9. The lowest BCUT2D eigenvalue weighted by Gasteiger charge is -2.07. The number of anilines is 2. The van der Waals surface area contributed by atoms with E-state index < -0.39 is 0 Å². The first-order valence-electron chi connectivity index (χ1n) is 8.03. The minimum atomic E-state index is -0.363. The van der Waals surface area contributed by atoms with Crippen LogP contribution in [0.1, 0.15) is 18.9 Å². The Hall–Kier alpha value is -3.00. The molecular formula is C18H17FN4O2S. The van der Waals surface area contributed by atoms with Crippen molar-refractivity contribution in [1.82, 2.24) is 10.3 Å². The summed E-state index contributed by atoms with van der Waals surface area (Å²) in [6, 6.07) is 10.9. The van der Waals surface area contributed by atoms with Crippen LogP contribution in [-0.4, -0.2) is 16.9 Å². The van der Waals surface area contributed by atoms with Crippen LogP contribution in [-0.2, 0) is 11.3 Å². The monoisotopic (exact) mass is 372 g/mol. The topological polar surface area (TPSA) is 83.1 Å². The first-order valence-corrected chi connectivity index (χ1v) is 8.85. The van der Waals surface area contributed by atoms with Gasteiger partial charge in [0, 0.05) is 18.7 Å². The molecule has 0 aliphatic carbocycles. The van der Waals surface area contributed by atoms with Crippen molar-refractivity contribution in [3.63, 3.8) is 0 Å². The van der Waals surface area contributed by atoms with E-state index in [1.807, 2.05) is 0 Å². The summed E-state index contributed by atoms with van der Waals surface area (Å²) in [6.07, 6.45) is 0.386. The zero-order valence-electron chi connectivity index (χ0n) is 14.0. The van der Waals surface area contributed by atoms with Crippen LogP contribution in [0.4, 0.5) is 20.0 Å². The SMILES string of the molecule is CCC(=O)Nc1nc2ccc(NC(=O)NCc3ccc(F)cc3)cc2s1. The Kier molecular flexibility index (Phi) is 5.43. The fraction of sp³-hybridized carbons (Fsp3) is 0.167. The second-order valence-electron chi connectivity index (χ2n) is 5.54. The lowest BCUT2D eigenvalue weighted by Crippen LogP contribution is -2.28. The highest BCUT2D eigenvalue weighted by Crippen LogP contribution is 2.28. The summed E-state index contributed by atoms with van der Waals surface area (Å²) in [5.74, 6) is -0.409. The quantitative estimate of drug-likeness (QED) is 0.630. The van der Waals surface area contributed by atoms with E-state index in [2.05, 4.69) is 20.9 Å². The molecule has 0 atom stereocenters. The smallest absolute Gasteiger partial charge is 0.319 e. The van der Waals surface area contributed by atoms with Gasteiger partial charge in [0.05, 0.1) is 10.2 Å². The van der Waals surface area contributed by atoms with E-state index in [-0.39, 0.29) is 17.8 Å². The summed E-state index contributed by atoms with van der Waals surface area (Å²) in [5, 5.41) is 8.71. The molecule has 0 radical (unpaired) electrons. The third-order valence-electron chi connectivity index (χ3n) is 3.58. The van der Waals surface area contributed by atoms with Crippen molar-refractivity contribution in [3.8, 4) is 0 Å². The van der Waals surface area contributed by atoms with Gasteiger partial charge in [-0.25, -0.2) is 14.2 Å². The minimum absolute atomic E-state index is 0.0948. The van der Waals surface area contributed by atoms with Crippen molar-refractivity contribution in [2.45, 2.75) is 19.9 Å². The van der Waals surface area contributed by atoms with Crippen LogP contribution in [0.15, 0.2) is 42.5 Å². The Morgan fingerprint density at radius 1 is 1.12 bits per heavy atom. The molecule has 0 aliphatic rings. The van der Waals surface area contributed by atoms with Gasteiger partial charge < -0.3 is 16.0 Å². The number of nitrogens with zero attached hydrogens (tertiary/aromatic N) is 1. The molecule has 0 bridgehead atoms. The molecule has 3 amide bonds. The van der Waals surface area contributed by atoms with Gasteiger partial charge in [0.2, 0.25) is 5.91 Å². The van der Waals surface area contributed by atoms with E-state index >= 15 is 0 Å². The first-order chi connectivity index (χ1) is 12.5. The molecule has 8 heteroatoms. The van der Waals surface area contributed by atoms with Crippen LogP contribution in [0.5, 0.6) is 0 Å². The van der Waals surface area contributed by atoms with Gasteiger partial charge in [-0.2, -0.15) is 0 Å². The number of thiazole rings is 1. The van der Waals surface area contributed by atoms with E-state index in [4.69, 9.17) is 0 Å². The summed E-state index contributed by atoms with van der Waals surface area (Å²) in [7, 11) is 0. The average molecular weight is 372 g/mol. The number of hydrogen-bond donors (Lipinski definition) is 3. The van der Waals surface area contributed by atoms with Crippen LogP contribution in [0.3, 0.4) is 0 Å². The molecule has 0 fully saturated rings. The molecule has 26 heavy (non-hydrogen) atoms. The predicted molar refractivity (Wildman–Crippen MR) is 101 cm³/mol. The predicted octanol–water partition coefficient (Wildman–Crippen LogP) is 4.11. The van der Waals surface area contributed by atoms with Crippen molar-refractivity contribution < 1.29 is 14.0 Å². The second-order valence-corrected chi connectivity index (χ2v) is 6.57. The molecule has 134 valence electrons. The van der Waals surface area contributed by atoms with E-state index in [1.54, 1.807) is 37.3 Å². The maximum absolute atomic E-state index is 12.9. The van der Waals surface area contributed by atoms with E-state index in [0.29, 0.717) is 23.8 Å². The number of aromatic nitrogens is 1. The standard InChI is InChI=1S/C18H17FN4O2S/c1-2-16(24)23-18-22-14-8-7-13(9-15(14)26-18)21-17(25)20-10-11-3-5-12(19)6-4-11/h3-9H,2,10H2,1H3,(H2,20,21,25)(H,22,23,24). The van der Waals surface area contributed by atoms with E-state index in [0.717, 1.165) is 15.8 Å². The normalized spacial score (nSPS) is 10.5. The molecule has 3 rings (SSSR count). The number of amides is 3. The third kappa shape index (κ3) is 4.54. The van der Waals surface area contributed by atoms with Crippen molar-refractivity contribution in [2.75, 3.05) is 10.6 Å². The van der Waals surface area contributed by atoms with Gasteiger partial charge in [0.15, 0.2) is 5.13 Å². The number of carbonyl (C=O) groups is 2. The van der Waals surface area contributed by atoms with E-state index in [1.165, 1.54) is 23.5 Å². The van der Waals surface area contributed by atoms with Crippen LogP contribution in [0.2, 0.25) is 0 Å². The van der Waals surface area contributed by atoms with Crippen molar-refractivity contribution >= 4 is 44.3 Å².